The number of H-pyrrole nitrogens is 1. The minimum atomic E-state index is -0.531. The number of methoxy groups -OCH3 is 2. The van der Waals surface area contributed by atoms with E-state index in [0.29, 0.717) is 22.3 Å². The number of hydrogen-bond acceptors (Lipinski definition) is 7. The maximum absolute atomic E-state index is 13.6. The lowest BCUT2D eigenvalue weighted by atomic mass is 10.1. The Morgan fingerprint density at radius 3 is 2.65 bits per heavy atom. The smallest absolute Gasteiger partial charge is 0.275 e. The number of aromatic amines is 1. The average Bonchev–Trinajstić information content (AvgIpc) is 3.26. The zero-order valence-electron chi connectivity index (χ0n) is 18.8. The zero-order chi connectivity index (χ0) is 24.4. The predicted molar refractivity (Wildman–Crippen MR) is 123 cm³/mol. The first-order valence-electron chi connectivity index (χ1n) is 10.3. The highest BCUT2D eigenvalue weighted by molar-refractivity contribution is 5.97. The molecule has 4 rings (SSSR count). The van der Waals surface area contributed by atoms with E-state index in [1.54, 1.807) is 31.2 Å². The van der Waals surface area contributed by atoms with Crippen LogP contribution in [0, 0.1) is 5.82 Å². The van der Waals surface area contributed by atoms with Gasteiger partial charge < -0.3 is 20.5 Å². The molecular weight excluding hydrogens is 443 g/mol. The summed E-state index contributed by atoms with van der Waals surface area (Å²) in [5.74, 6) is -0.592. The van der Waals surface area contributed by atoms with Gasteiger partial charge in [-0.05, 0) is 42.8 Å². The average molecular weight is 466 g/mol. The first-order chi connectivity index (χ1) is 16.3. The van der Waals surface area contributed by atoms with Gasteiger partial charge in [-0.25, -0.2) is 14.2 Å². The Bertz CT molecular complexity index is 1410. The number of rotatable bonds is 7. The number of hydrogen-bond donors (Lipinski definition) is 3. The summed E-state index contributed by atoms with van der Waals surface area (Å²) < 4.78 is 25.6. The van der Waals surface area contributed by atoms with Crippen LogP contribution in [0.1, 0.15) is 34.6 Å². The number of nitrogens with two attached hydrogens (primary N) is 1. The number of ether oxygens (including phenoxy) is 2. The number of carbonyl (C=O) groups is 1. The normalized spacial score (nSPS) is 12.0. The topological polar surface area (TPSA) is 137 Å². The van der Waals surface area contributed by atoms with Crippen LogP contribution in [-0.2, 0) is 11.3 Å². The van der Waals surface area contributed by atoms with E-state index in [1.807, 2.05) is 0 Å². The molecule has 0 aliphatic rings. The number of amides is 1. The first-order valence-corrected chi connectivity index (χ1v) is 10.3. The van der Waals surface area contributed by atoms with Crippen LogP contribution >= 0.6 is 0 Å². The van der Waals surface area contributed by atoms with Gasteiger partial charge in [0.1, 0.15) is 22.8 Å². The Morgan fingerprint density at radius 2 is 1.97 bits per heavy atom. The molecule has 2 heterocycles. The number of halogens is 1. The van der Waals surface area contributed by atoms with Crippen LogP contribution in [0.25, 0.3) is 16.6 Å². The third kappa shape index (κ3) is 4.20. The number of fused-ring (bicyclic) bond motifs is 1. The van der Waals surface area contributed by atoms with Crippen molar-refractivity contribution in [2.24, 2.45) is 0 Å². The molecule has 0 saturated heterocycles. The van der Waals surface area contributed by atoms with Crippen molar-refractivity contribution in [1.29, 1.82) is 0 Å². The molecule has 0 aliphatic heterocycles. The summed E-state index contributed by atoms with van der Waals surface area (Å²) >= 11 is 0. The Morgan fingerprint density at radius 1 is 1.24 bits per heavy atom. The van der Waals surface area contributed by atoms with E-state index in [0.717, 1.165) is 11.6 Å². The van der Waals surface area contributed by atoms with Crippen LogP contribution < -0.4 is 21.3 Å². The summed E-state index contributed by atoms with van der Waals surface area (Å²) in [6, 6.07) is 10.9. The molecule has 0 saturated carbocycles. The Balaban J connectivity index is 1.60. The van der Waals surface area contributed by atoms with Crippen molar-refractivity contribution < 1.29 is 18.7 Å². The number of carbonyl (C=O) groups excluding carboxylic acids is 1. The second-order valence-electron chi connectivity index (χ2n) is 7.53. The summed E-state index contributed by atoms with van der Waals surface area (Å²) in [7, 11) is 2.94. The third-order valence-corrected chi connectivity index (χ3v) is 5.44. The zero-order valence-corrected chi connectivity index (χ0v) is 18.8. The summed E-state index contributed by atoms with van der Waals surface area (Å²) in [6.45, 7) is 1.98. The molecule has 4 aromatic rings. The summed E-state index contributed by atoms with van der Waals surface area (Å²) in [5, 5.41) is 13.8. The molecule has 10 nitrogen and oxygen atoms in total. The van der Waals surface area contributed by atoms with Crippen LogP contribution in [0.15, 0.2) is 47.3 Å². The molecule has 34 heavy (non-hydrogen) atoms. The van der Waals surface area contributed by atoms with Crippen LogP contribution in [0.4, 0.5) is 10.2 Å². The van der Waals surface area contributed by atoms with Crippen LogP contribution in [0.2, 0.25) is 0 Å². The largest absolute Gasteiger partial charge is 0.496 e. The van der Waals surface area contributed by atoms with E-state index in [1.165, 1.54) is 31.0 Å². The molecule has 0 fully saturated rings. The monoisotopic (exact) mass is 466 g/mol. The van der Waals surface area contributed by atoms with Gasteiger partial charge in [0.05, 0.1) is 29.9 Å². The Labute approximate surface area is 193 Å². The van der Waals surface area contributed by atoms with E-state index in [-0.39, 0.29) is 23.7 Å². The third-order valence-electron chi connectivity index (χ3n) is 5.44. The lowest BCUT2D eigenvalue weighted by molar-refractivity contribution is 0.0947. The quantitative estimate of drug-likeness (QED) is 0.380. The molecule has 11 heteroatoms. The van der Waals surface area contributed by atoms with E-state index in [4.69, 9.17) is 15.2 Å². The minimum absolute atomic E-state index is 0.107. The highest BCUT2D eigenvalue weighted by atomic mass is 19.1. The molecule has 2 aromatic heterocycles. The number of nitrogens with one attached hydrogen (secondary N) is 2. The van der Waals surface area contributed by atoms with E-state index < -0.39 is 23.4 Å². The van der Waals surface area contributed by atoms with Gasteiger partial charge >= 0.3 is 0 Å². The molecule has 0 spiro atoms. The second-order valence-corrected chi connectivity index (χ2v) is 7.53. The Hall–Kier alpha value is -4.25. The summed E-state index contributed by atoms with van der Waals surface area (Å²) in [6.07, 6.45) is -0.444. The van der Waals surface area contributed by atoms with Gasteiger partial charge in [-0.3, -0.25) is 9.59 Å². The van der Waals surface area contributed by atoms with Crippen molar-refractivity contribution in [1.82, 2.24) is 25.3 Å². The number of nitrogen functional groups attached to an aromatic ring is 1. The Kier molecular flexibility index (Phi) is 6.28. The van der Waals surface area contributed by atoms with Crippen molar-refractivity contribution in [3.05, 3.63) is 75.5 Å². The SMILES string of the molecule is COc1ccc(F)cc1C(=O)NCc1ccc(-n2nc(C(C)OC)c3c(=O)[nH]nc(N)c32)cc1. The molecule has 2 aromatic carbocycles. The number of anilines is 1. The van der Waals surface area contributed by atoms with Gasteiger partial charge in [0.15, 0.2) is 5.82 Å². The highest BCUT2D eigenvalue weighted by Crippen LogP contribution is 2.27. The molecule has 0 bridgehead atoms. The molecular formula is C23H23FN6O4. The van der Waals surface area contributed by atoms with Crippen molar-refractivity contribution in [3.63, 3.8) is 0 Å². The first kappa shape index (κ1) is 22.9. The molecule has 1 unspecified atom stereocenters. The van der Waals surface area contributed by atoms with Gasteiger partial charge in [-0.1, -0.05) is 12.1 Å². The molecule has 4 N–H and O–H groups in total. The molecule has 0 aliphatic carbocycles. The number of nitrogens with zero attached hydrogens (tertiary/aromatic N) is 3. The van der Waals surface area contributed by atoms with Crippen LogP contribution in [0.5, 0.6) is 5.75 Å². The van der Waals surface area contributed by atoms with E-state index in [2.05, 4.69) is 20.6 Å². The predicted octanol–water partition coefficient (Wildman–Crippen LogP) is 2.48. The van der Waals surface area contributed by atoms with Crippen molar-refractivity contribution >= 4 is 22.6 Å². The van der Waals surface area contributed by atoms with E-state index in [9.17, 15) is 14.0 Å². The second kappa shape index (κ2) is 9.32. The number of benzene rings is 2. The van der Waals surface area contributed by atoms with Gasteiger partial charge in [-0.15, -0.1) is 0 Å². The van der Waals surface area contributed by atoms with Crippen molar-refractivity contribution in [3.8, 4) is 11.4 Å². The lowest BCUT2D eigenvalue weighted by Crippen LogP contribution is -2.23. The van der Waals surface area contributed by atoms with Gasteiger partial charge in [0, 0.05) is 13.7 Å². The highest BCUT2D eigenvalue weighted by Gasteiger charge is 2.22. The van der Waals surface area contributed by atoms with Gasteiger partial charge in [-0.2, -0.15) is 10.2 Å². The van der Waals surface area contributed by atoms with Crippen molar-refractivity contribution in [2.75, 3.05) is 20.0 Å². The minimum Gasteiger partial charge on any atom is -0.496 e. The maximum Gasteiger partial charge on any atom is 0.275 e. The van der Waals surface area contributed by atoms with Crippen LogP contribution in [0.3, 0.4) is 0 Å². The lowest BCUT2D eigenvalue weighted by Gasteiger charge is -2.10. The van der Waals surface area contributed by atoms with Gasteiger partial charge in [0.2, 0.25) is 0 Å². The molecule has 1 amide bonds. The maximum atomic E-state index is 13.6. The van der Waals surface area contributed by atoms with E-state index >= 15 is 0 Å². The molecule has 0 radical (unpaired) electrons. The fourth-order valence-electron chi connectivity index (χ4n) is 3.59. The fraction of sp³-hybridized carbons (Fsp3) is 0.217. The fourth-order valence-corrected chi connectivity index (χ4v) is 3.59. The van der Waals surface area contributed by atoms with Crippen molar-refractivity contribution in [2.45, 2.75) is 19.6 Å². The summed E-state index contributed by atoms with van der Waals surface area (Å²) in [5.41, 5.74) is 7.99. The molecule has 1 atom stereocenters. The van der Waals surface area contributed by atoms with Gasteiger partial charge in [0.25, 0.3) is 11.5 Å². The van der Waals surface area contributed by atoms with Crippen LogP contribution in [-0.4, -0.2) is 40.1 Å². The number of aromatic nitrogens is 4. The molecule has 176 valence electrons. The standard InChI is InChI=1S/C23H23FN6O4/c1-12(33-2)19-18-20(21(25)27-28-23(18)32)30(29-19)15-7-4-13(5-8-15)11-26-22(31)16-10-14(24)6-9-17(16)34-3/h4-10,12H,11H2,1-3H3,(H2,25,27)(H,26,31)(H,28,32). The summed E-state index contributed by atoms with van der Waals surface area (Å²) in [4.78, 5) is 25.0.